The molecule has 0 aromatic rings. The van der Waals surface area contributed by atoms with E-state index in [1.54, 1.807) is 0 Å². The van der Waals surface area contributed by atoms with Gasteiger partial charge >= 0.3 is 39.5 Å². The highest BCUT2D eigenvalue weighted by Gasteiger charge is 2.30. The van der Waals surface area contributed by atoms with Crippen LogP contribution in [0.5, 0.6) is 0 Å². The number of unbranched alkanes of at least 4 members (excludes halogenated alkanes) is 38. The van der Waals surface area contributed by atoms with Gasteiger partial charge in [0.2, 0.25) is 0 Å². The normalized spacial score (nSPS) is 14.7. The topological polar surface area (TPSA) is 237 Å². The van der Waals surface area contributed by atoms with Crippen molar-refractivity contribution in [2.45, 2.75) is 394 Å². The van der Waals surface area contributed by atoms with Crippen molar-refractivity contribution in [1.82, 2.24) is 0 Å². The van der Waals surface area contributed by atoms with Gasteiger partial charge in [-0.3, -0.25) is 37.3 Å². The van der Waals surface area contributed by atoms with Crippen molar-refractivity contribution in [2.24, 2.45) is 17.8 Å². The minimum absolute atomic E-state index is 0.105. The Labute approximate surface area is 568 Å². The van der Waals surface area contributed by atoms with Crippen LogP contribution in [-0.4, -0.2) is 96.7 Å². The molecule has 0 rings (SSSR count). The van der Waals surface area contributed by atoms with Crippen molar-refractivity contribution in [2.75, 3.05) is 39.6 Å². The van der Waals surface area contributed by atoms with Crippen LogP contribution in [0, 0.1) is 17.8 Å². The average Bonchev–Trinajstić information content (AvgIpc) is 2.36. The van der Waals surface area contributed by atoms with E-state index < -0.39 is 97.5 Å². The monoisotopic (exact) mass is 1370 g/mol. The van der Waals surface area contributed by atoms with Gasteiger partial charge < -0.3 is 33.8 Å². The van der Waals surface area contributed by atoms with Crippen LogP contribution in [0.15, 0.2) is 0 Å². The van der Waals surface area contributed by atoms with E-state index in [1.165, 1.54) is 180 Å². The first-order valence-electron chi connectivity index (χ1n) is 38.4. The first kappa shape index (κ1) is 91.1. The predicted molar refractivity (Wildman–Crippen MR) is 377 cm³/mol. The van der Waals surface area contributed by atoms with Crippen molar-refractivity contribution in [3.63, 3.8) is 0 Å². The number of carbonyl (C=O) groups is 4. The quantitative estimate of drug-likeness (QED) is 0.0222. The van der Waals surface area contributed by atoms with Gasteiger partial charge in [-0.2, -0.15) is 0 Å². The van der Waals surface area contributed by atoms with E-state index in [1.807, 2.05) is 0 Å². The lowest BCUT2D eigenvalue weighted by Gasteiger charge is -2.21. The summed E-state index contributed by atoms with van der Waals surface area (Å²) in [6.07, 6.45) is 50.2. The molecule has 0 radical (unpaired) electrons. The molecule has 0 fully saturated rings. The second-order valence-corrected chi connectivity index (χ2v) is 30.6. The Morgan fingerprint density at radius 1 is 0.312 bits per heavy atom. The van der Waals surface area contributed by atoms with Gasteiger partial charge in [0.15, 0.2) is 12.2 Å². The van der Waals surface area contributed by atoms with Gasteiger partial charge in [0.25, 0.3) is 0 Å². The largest absolute Gasteiger partial charge is 0.472 e. The number of ether oxygens (including phenoxy) is 4. The Kier molecular flexibility index (Phi) is 63.4. The lowest BCUT2D eigenvalue weighted by Crippen LogP contribution is -2.30. The van der Waals surface area contributed by atoms with E-state index in [0.717, 1.165) is 114 Å². The van der Waals surface area contributed by atoms with E-state index in [-0.39, 0.29) is 25.7 Å². The number of carbonyl (C=O) groups excluding carboxylic acids is 4. The standard InChI is InChI=1S/C74H144O17P2/c1-8-11-12-38-48-55-71(76)84-61-69(90-73(78)58-51-44-37-31-25-24-28-34-41-47-54-67(7)10-3)63-88-92(80,81)86-59-68(75)60-87-93(82,83)89-64-70(62-85-72(77)56-49-42-35-29-22-19-15-16-20-26-32-39-45-52-65(4)5)91-74(79)57-50-43-36-30-23-18-14-13-17-21-27-33-40-46-53-66(6)9-2/h65-70,75H,8-64H2,1-7H3,(H,80,81)(H,82,83)/t66?,67?,68-,69+,70+/m0/s1. The first-order chi connectivity index (χ1) is 44.8. The minimum Gasteiger partial charge on any atom is -0.462 e. The molecule has 19 heteroatoms. The molecule has 0 heterocycles. The van der Waals surface area contributed by atoms with E-state index in [2.05, 4.69) is 48.5 Å². The molecule has 0 bridgehead atoms. The van der Waals surface area contributed by atoms with Gasteiger partial charge in [-0.15, -0.1) is 0 Å². The van der Waals surface area contributed by atoms with E-state index in [4.69, 9.17) is 37.0 Å². The molecule has 0 spiro atoms. The highest BCUT2D eigenvalue weighted by Crippen LogP contribution is 2.45. The van der Waals surface area contributed by atoms with Gasteiger partial charge in [0, 0.05) is 25.7 Å². The fraction of sp³-hybridized carbons (Fsp3) is 0.946. The summed E-state index contributed by atoms with van der Waals surface area (Å²) in [5, 5.41) is 10.6. The number of hydrogen-bond acceptors (Lipinski definition) is 15. The lowest BCUT2D eigenvalue weighted by atomic mass is 9.99. The molecular formula is C74H144O17P2. The summed E-state index contributed by atoms with van der Waals surface area (Å²) in [5.41, 5.74) is 0. The summed E-state index contributed by atoms with van der Waals surface area (Å²) < 4.78 is 68.3. The van der Waals surface area contributed by atoms with Gasteiger partial charge in [0.1, 0.15) is 19.3 Å². The van der Waals surface area contributed by atoms with Gasteiger partial charge in [-0.25, -0.2) is 9.13 Å². The lowest BCUT2D eigenvalue weighted by molar-refractivity contribution is -0.161. The second kappa shape index (κ2) is 64.7. The highest BCUT2D eigenvalue weighted by atomic mass is 31.2. The van der Waals surface area contributed by atoms with E-state index >= 15 is 0 Å². The number of phosphoric acid groups is 2. The summed E-state index contributed by atoms with van der Waals surface area (Å²) in [4.78, 5) is 72.5. The van der Waals surface area contributed by atoms with Crippen LogP contribution in [0.3, 0.4) is 0 Å². The molecule has 0 amide bonds. The van der Waals surface area contributed by atoms with Crippen molar-refractivity contribution >= 4 is 39.5 Å². The van der Waals surface area contributed by atoms with Crippen molar-refractivity contribution in [3.05, 3.63) is 0 Å². The predicted octanol–water partition coefficient (Wildman–Crippen LogP) is 21.4. The third-order valence-corrected chi connectivity index (χ3v) is 19.8. The van der Waals surface area contributed by atoms with Crippen LogP contribution < -0.4 is 0 Å². The van der Waals surface area contributed by atoms with Gasteiger partial charge in [-0.05, 0) is 43.4 Å². The summed E-state index contributed by atoms with van der Waals surface area (Å²) >= 11 is 0. The average molecular weight is 1370 g/mol. The zero-order valence-electron chi connectivity index (χ0n) is 60.7. The number of aliphatic hydroxyl groups is 1. The molecule has 3 N–H and O–H groups in total. The number of aliphatic hydroxyl groups excluding tert-OH is 1. The molecule has 93 heavy (non-hydrogen) atoms. The first-order valence-corrected chi connectivity index (χ1v) is 41.4. The SMILES string of the molecule is CCCCCCCC(=O)OC[C@H](COP(=O)(O)OC[C@H](O)COP(=O)(O)OC[C@@H](COC(=O)CCCCCCCCCCCCCCCC(C)C)OC(=O)CCCCCCCCCCCCCCCCC(C)CC)OC(=O)CCCCCCCCCCCCC(C)CC. The van der Waals surface area contributed by atoms with E-state index in [9.17, 15) is 43.2 Å². The zero-order chi connectivity index (χ0) is 68.7. The number of phosphoric ester groups is 2. The minimum atomic E-state index is -4.95. The molecule has 0 aliphatic carbocycles. The maximum atomic E-state index is 13.1. The Morgan fingerprint density at radius 2 is 0.548 bits per heavy atom. The molecular weight excluding hydrogens is 1220 g/mol. The number of hydrogen-bond donors (Lipinski definition) is 3. The maximum absolute atomic E-state index is 13.1. The Hall–Kier alpha value is -1.94. The third-order valence-electron chi connectivity index (χ3n) is 17.9. The van der Waals surface area contributed by atoms with Gasteiger partial charge in [0.05, 0.1) is 26.4 Å². The Bertz CT molecular complexity index is 1820. The molecule has 4 unspecified atom stereocenters. The second-order valence-electron chi connectivity index (χ2n) is 27.6. The molecule has 0 aliphatic rings. The zero-order valence-corrected chi connectivity index (χ0v) is 62.5. The summed E-state index contributed by atoms with van der Waals surface area (Å²) in [6.45, 7) is 11.9. The molecule has 0 saturated carbocycles. The third kappa shape index (κ3) is 65.8. The smallest absolute Gasteiger partial charge is 0.462 e. The maximum Gasteiger partial charge on any atom is 0.472 e. The molecule has 0 aromatic carbocycles. The van der Waals surface area contributed by atoms with Crippen LogP contribution >= 0.6 is 15.6 Å². The van der Waals surface area contributed by atoms with Crippen LogP contribution in [0.2, 0.25) is 0 Å². The van der Waals surface area contributed by atoms with Crippen LogP contribution in [-0.2, 0) is 65.4 Å². The van der Waals surface area contributed by atoms with Crippen LogP contribution in [0.25, 0.3) is 0 Å². The van der Waals surface area contributed by atoms with Crippen molar-refractivity contribution < 1.29 is 80.2 Å². The van der Waals surface area contributed by atoms with Crippen LogP contribution in [0.4, 0.5) is 0 Å². The van der Waals surface area contributed by atoms with Gasteiger partial charge in [-0.1, -0.05) is 325 Å². The molecule has 17 nitrogen and oxygen atoms in total. The molecule has 552 valence electrons. The summed E-state index contributed by atoms with van der Waals surface area (Å²) in [6, 6.07) is 0. The van der Waals surface area contributed by atoms with Crippen LogP contribution in [0.1, 0.15) is 376 Å². The fourth-order valence-corrected chi connectivity index (χ4v) is 12.8. The highest BCUT2D eigenvalue weighted by molar-refractivity contribution is 7.47. The van der Waals surface area contributed by atoms with Crippen molar-refractivity contribution in [3.8, 4) is 0 Å². The Morgan fingerprint density at radius 3 is 0.817 bits per heavy atom. The van der Waals surface area contributed by atoms with E-state index in [0.29, 0.717) is 25.7 Å². The number of rotatable bonds is 72. The summed E-state index contributed by atoms with van der Waals surface area (Å²) in [7, 11) is -9.90. The molecule has 7 atom stereocenters. The molecule has 0 saturated heterocycles. The molecule has 0 aromatic heterocycles. The summed E-state index contributed by atoms with van der Waals surface area (Å²) in [5.74, 6) is 0.309. The Balaban J connectivity index is 5.16. The van der Waals surface area contributed by atoms with Crippen molar-refractivity contribution in [1.29, 1.82) is 0 Å². The molecule has 0 aliphatic heterocycles. The number of esters is 4. The fourth-order valence-electron chi connectivity index (χ4n) is 11.2.